The summed E-state index contributed by atoms with van der Waals surface area (Å²) in [6.45, 7) is 0.904. The number of hydrogen-bond donors (Lipinski definition) is 0. The molecule has 0 amide bonds. The van der Waals surface area contributed by atoms with Crippen LogP contribution in [0, 0.1) is 5.92 Å². The second kappa shape index (κ2) is 6.96. The van der Waals surface area contributed by atoms with E-state index in [2.05, 4.69) is 10.2 Å². The Morgan fingerprint density at radius 3 is 2.34 bits per heavy atom. The molecule has 1 saturated carbocycles. The molecule has 1 spiro atoms. The topological polar surface area (TPSA) is 49.2 Å². The lowest BCUT2D eigenvalue weighted by Gasteiger charge is -2.30. The second-order valence-electron chi connectivity index (χ2n) is 8.02. The quantitative estimate of drug-likeness (QED) is 0.620. The lowest BCUT2D eigenvalue weighted by Crippen LogP contribution is -2.37. The molecule has 0 N–H and O–H groups in total. The second-order valence-corrected chi connectivity index (χ2v) is 8.46. The van der Waals surface area contributed by atoms with E-state index < -0.39 is 23.3 Å². The molecule has 1 aromatic carbocycles. The molecule has 1 saturated heterocycles. The molecule has 1 aliphatic carbocycles. The fourth-order valence-corrected chi connectivity index (χ4v) is 5.16. The zero-order valence-corrected chi connectivity index (χ0v) is 16.4. The summed E-state index contributed by atoms with van der Waals surface area (Å²) in [6, 6.07) is 7.81. The van der Waals surface area contributed by atoms with Crippen LogP contribution in [0.2, 0.25) is 0 Å². The Kier molecular flexibility index (Phi) is 4.64. The van der Waals surface area contributed by atoms with Crippen LogP contribution in [0.5, 0.6) is 0 Å². The lowest BCUT2D eigenvalue weighted by molar-refractivity contribution is -0.182. The van der Waals surface area contributed by atoms with Crippen molar-refractivity contribution in [2.45, 2.75) is 55.4 Å². The molecule has 3 aliphatic rings. The van der Waals surface area contributed by atoms with Crippen molar-refractivity contribution in [3.05, 3.63) is 41.5 Å². The molecule has 1 aromatic heterocycles. The largest absolute Gasteiger partial charge is 0.391 e. The van der Waals surface area contributed by atoms with Gasteiger partial charge in [-0.15, -0.1) is 21.8 Å². The fraction of sp³-hybridized carbons (Fsp3) is 0.600. The van der Waals surface area contributed by atoms with E-state index in [0.29, 0.717) is 44.1 Å². The first-order valence-electron chi connectivity index (χ1n) is 9.91. The molecular weight excluding hydrogens is 407 g/mol. The number of aromatic nitrogens is 3. The van der Waals surface area contributed by atoms with Gasteiger partial charge >= 0.3 is 6.18 Å². The molecule has 2 aromatic rings. The van der Waals surface area contributed by atoms with Gasteiger partial charge in [-0.05, 0) is 37.3 Å². The molecule has 0 radical (unpaired) electrons. The van der Waals surface area contributed by atoms with Gasteiger partial charge in [0.25, 0.3) is 0 Å². The van der Waals surface area contributed by atoms with Crippen molar-refractivity contribution >= 4 is 11.6 Å². The van der Waals surface area contributed by atoms with E-state index in [4.69, 9.17) is 21.1 Å². The Balaban J connectivity index is 1.55. The van der Waals surface area contributed by atoms with Gasteiger partial charge in [0.1, 0.15) is 11.2 Å². The summed E-state index contributed by atoms with van der Waals surface area (Å²) in [5.74, 6) is -1.14. The molecule has 3 heterocycles. The van der Waals surface area contributed by atoms with E-state index in [0.717, 1.165) is 11.3 Å². The first-order valence-corrected chi connectivity index (χ1v) is 10.3. The number of nitrogens with zero attached hydrogens (tertiary/aromatic N) is 3. The van der Waals surface area contributed by atoms with Crippen molar-refractivity contribution in [1.82, 2.24) is 14.8 Å². The Bertz CT molecular complexity index is 903. The zero-order chi connectivity index (χ0) is 20.2. The zero-order valence-electron chi connectivity index (χ0n) is 15.7. The summed E-state index contributed by atoms with van der Waals surface area (Å²) in [4.78, 5) is 0. The Morgan fingerprint density at radius 1 is 1.00 bits per heavy atom. The smallest absolute Gasteiger partial charge is 0.345 e. The van der Waals surface area contributed by atoms with Gasteiger partial charge in [0.15, 0.2) is 11.6 Å². The van der Waals surface area contributed by atoms with Gasteiger partial charge in [0.05, 0.1) is 24.8 Å². The molecule has 2 fully saturated rings. The monoisotopic (exact) mass is 427 g/mol. The van der Waals surface area contributed by atoms with Crippen LogP contribution in [-0.4, -0.2) is 39.9 Å². The lowest BCUT2D eigenvalue weighted by atomic mass is 9.81. The molecule has 2 aliphatic heterocycles. The van der Waals surface area contributed by atoms with Gasteiger partial charge in [-0.2, -0.15) is 13.2 Å². The summed E-state index contributed by atoms with van der Waals surface area (Å²) in [7, 11) is 0. The van der Waals surface area contributed by atoms with Crippen LogP contribution in [0.4, 0.5) is 13.2 Å². The van der Waals surface area contributed by atoms with Gasteiger partial charge in [0.2, 0.25) is 0 Å². The Labute approximate surface area is 171 Å². The number of para-hydroxylation sites is 1. The highest BCUT2D eigenvalue weighted by molar-refractivity contribution is 6.21. The third kappa shape index (κ3) is 3.16. The van der Waals surface area contributed by atoms with E-state index in [-0.39, 0.29) is 18.8 Å². The standard InChI is InChI=1S/C20H21ClF3N3O2/c21-16-18-26-25-17(12-5-7-14(8-6-12)20(22,23)24)27(18)15-4-2-1-3-13(15)11-19(16)28-9-10-29-19/h1-4,12,14,16H,5-11H2/t12-,14-,16?. The highest BCUT2D eigenvalue weighted by Gasteiger charge is 2.50. The van der Waals surface area contributed by atoms with Crippen molar-refractivity contribution in [1.29, 1.82) is 0 Å². The number of benzene rings is 1. The summed E-state index contributed by atoms with van der Waals surface area (Å²) in [5.41, 5.74) is 1.88. The molecule has 0 bridgehead atoms. The molecule has 1 atom stereocenters. The van der Waals surface area contributed by atoms with Gasteiger partial charge < -0.3 is 9.47 Å². The van der Waals surface area contributed by atoms with Gasteiger partial charge in [0, 0.05) is 12.3 Å². The normalized spacial score (nSPS) is 28.8. The van der Waals surface area contributed by atoms with Crippen LogP contribution in [0.25, 0.3) is 5.69 Å². The van der Waals surface area contributed by atoms with Crippen LogP contribution >= 0.6 is 11.6 Å². The van der Waals surface area contributed by atoms with E-state index in [1.54, 1.807) is 0 Å². The van der Waals surface area contributed by atoms with Gasteiger partial charge in [-0.25, -0.2) is 0 Å². The molecule has 156 valence electrons. The summed E-state index contributed by atoms with van der Waals surface area (Å²) in [6.07, 6.45) is -2.59. The molecule has 1 unspecified atom stereocenters. The first kappa shape index (κ1) is 19.3. The van der Waals surface area contributed by atoms with Crippen molar-refractivity contribution in [2.24, 2.45) is 5.92 Å². The van der Waals surface area contributed by atoms with E-state index in [1.807, 2.05) is 28.8 Å². The third-order valence-electron chi connectivity index (χ3n) is 6.33. The Morgan fingerprint density at radius 2 is 1.66 bits per heavy atom. The number of ether oxygens (including phenoxy) is 2. The highest BCUT2D eigenvalue weighted by Crippen LogP contribution is 2.47. The van der Waals surface area contributed by atoms with Crippen molar-refractivity contribution < 1.29 is 22.6 Å². The minimum Gasteiger partial charge on any atom is -0.345 e. The minimum absolute atomic E-state index is 0.0914. The van der Waals surface area contributed by atoms with Crippen LogP contribution in [-0.2, 0) is 15.9 Å². The van der Waals surface area contributed by atoms with Crippen LogP contribution in [0.1, 0.15) is 54.2 Å². The number of fused-ring (bicyclic) bond motifs is 3. The van der Waals surface area contributed by atoms with Gasteiger partial charge in [-0.1, -0.05) is 18.2 Å². The number of alkyl halides is 4. The number of hydrogen-bond acceptors (Lipinski definition) is 4. The predicted octanol–water partition coefficient (Wildman–Crippen LogP) is 4.68. The van der Waals surface area contributed by atoms with E-state index >= 15 is 0 Å². The Hall–Kier alpha value is -1.64. The minimum atomic E-state index is -4.13. The maximum Gasteiger partial charge on any atom is 0.391 e. The molecule has 5 nitrogen and oxygen atoms in total. The van der Waals surface area contributed by atoms with Crippen LogP contribution in [0.3, 0.4) is 0 Å². The molecule has 5 rings (SSSR count). The van der Waals surface area contributed by atoms with E-state index in [9.17, 15) is 13.2 Å². The molecule has 29 heavy (non-hydrogen) atoms. The van der Waals surface area contributed by atoms with Crippen molar-refractivity contribution in [3.63, 3.8) is 0 Å². The highest BCUT2D eigenvalue weighted by atomic mass is 35.5. The third-order valence-corrected chi connectivity index (χ3v) is 6.85. The molecule has 9 heteroatoms. The van der Waals surface area contributed by atoms with Crippen molar-refractivity contribution in [3.8, 4) is 5.69 Å². The summed E-state index contributed by atoms with van der Waals surface area (Å²) in [5, 5.41) is 8.07. The fourth-order valence-electron chi connectivity index (χ4n) is 4.81. The average Bonchev–Trinajstić information content (AvgIpc) is 3.33. The summed E-state index contributed by atoms with van der Waals surface area (Å²) < 4.78 is 53.0. The van der Waals surface area contributed by atoms with E-state index in [1.165, 1.54) is 0 Å². The van der Waals surface area contributed by atoms with Gasteiger partial charge in [-0.3, -0.25) is 4.57 Å². The average molecular weight is 428 g/mol. The summed E-state index contributed by atoms with van der Waals surface area (Å²) >= 11 is 6.82. The molecular formula is C20H21ClF3N3O2. The predicted molar refractivity (Wildman–Crippen MR) is 99.0 cm³/mol. The van der Waals surface area contributed by atoms with Crippen molar-refractivity contribution in [2.75, 3.05) is 13.2 Å². The first-order chi connectivity index (χ1) is 13.9. The van der Waals surface area contributed by atoms with Crippen LogP contribution in [0.15, 0.2) is 24.3 Å². The number of halogens is 4. The van der Waals surface area contributed by atoms with Crippen LogP contribution < -0.4 is 0 Å². The maximum absolute atomic E-state index is 13.1. The SMILES string of the molecule is FC(F)(F)[C@H]1CC[C@H](c2nnc3n2-c2ccccc2CC2(OCCO2)C3Cl)CC1. The maximum atomic E-state index is 13.1. The number of rotatable bonds is 1.